The fourth-order valence-corrected chi connectivity index (χ4v) is 1.51. The number of ketones is 1. The maximum Gasteiger partial charge on any atom is 0.168 e. The third kappa shape index (κ3) is 4.72. The van der Waals surface area contributed by atoms with E-state index >= 15 is 0 Å². The third-order valence-electron chi connectivity index (χ3n) is 2.46. The molecule has 2 N–H and O–H groups in total. The van der Waals surface area contributed by atoms with Gasteiger partial charge in [-0.15, -0.1) is 5.92 Å². The lowest BCUT2D eigenvalue weighted by atomic mass is 10.1. The Bertz CT molecular complexity index is 449. The van der Waals surface area contributed by atoms with Gasteiger partial charge < -0.3 is 5.73 Å². The van der Waals surface area contributed by atoms with E-state index in [0.717, 1.165) is 19.4 Å². The second kappa shape index (κ2) is 6.97. The molecule has 0 saturated carbocycles. The number of rotatable bonds is 5. The molecular weight excluding hydrogens is 226 g/mol. The van der Waals surface area contributed by atoms with E-state index in [9.17, 15) is 4.79 Å². The van der Waals surface area contributed by atoms with Crippen molar-refractivity contribution < 1.29 is 4.79 Å². The van der Waals surface area contributed by atoms with Gasteiger partial charge in [-0.2, -0.15) is 5.10 Å². The zero-order valence-corrected chi connectivity index (χ0v) is 11.3. The van der Waals surface area contributed by atoms with Crippen molar-refractivity contribution >= 4 is 5.78 Å². The van der Waals surface area contributed by atoms with Gasteiger partial charge in [0, 0.05) is 25.1 Å². The molecule has 98 valence electrons. The van der Waals surface area contributed by atoms with E-state index < -0.39 is 0 Å². The number of carbonyl (C=O) groups excluding carboxylic acids is 1. The van der Waals surface area contributed by atoms with Crippen LogP contribution in [0.4, 0.5) is 0 Å². The normalized spacial score (nSPS) is 12.1. The van der Waals surface area contributed by atoms with Crippen molar-refractivity contribution in [1.82, 2.24) is 9.78 Å². The molecule has 0 aliphatic carbocycles. The third-order valence-corrected chi connectivity index (χ3v) is 2.46. The Balaban J connectivity index is 2.41. The van der Waals surface area contributed by atoms with Gasteiger partial charge in [-0.3, -0.25) is 9.48 Å². The highest BCUT2D eigenvalue weighted by molar-refractivity contribution is 5.96. The number of carbonyl (C=O) groups is 1. The molecule has 0 aliphatic heterocycles. The zero-order chi connectivity index (χ0) is 13.5. The molecule has 4 nitrogen and oxygen atoms in total. The Morgan fingerprint density at radius 1 is 1.50 bits per heavy atom. The number of Topliss-reactive ketones (excluding diaryl/α,β-unsaturated/α-hetero) is 1. The maximum atomic E-state index is 11.7. The first-order valence-electron chi connectivity index (χ1n) is 6.31. The van der Waals surface area contributed by atoms with Crippen LogP contribution >= 0.6 is 0 Å². The number of unbranched alkanes of at least 4 members (excludes halogenated alkanes) is 1. The van der Waals surface area contributed by atoms with Crippen molar-refractivity contribution in [3.63, 3.8) is 0 Å². The minimum absolute atomic E-state index is 0.0135. The molecule has 4 heteroatoms. The SMILES string of the molecule is CC(N)C#CCCCn1cc(C(=O)C(C)C)cn1. The Morgan fingerprint density at radius 2 is 2.22 bits per heavy atom. The van der Waals surface area contributed by atoms with Crippen molar-refractivity contribution in [3.8, 4) is 11.8 Å². The summed E-state index contributed by atoms with van der Waals surface area (Å²) >= 11 is 0. The molecule has 0 spiro atoms. The van der Waals surface area contributed by atoms with Gasteiger partial charge in [0.15, 0.2) is 5.78 Å². The predicted molar refractivity (Wildman–Crippen MR) is 72.1 cm³/mol. The first kappa shape index (κ1) is 14.5. The predicted octanol–water partition coefficient (Wildman–Crippen LogP) is 1.85. The van der Waals surface area contributed by atoms with Gasteiger partial charge in [0.05, 0.1) is 17.8 Å². The van der Waals surface area contributed by atoms with E-state index in [1.807, 2.05) is 20.8 Å². The van der Waals surface area contributed by atoms with Crippen molar-refractivity contribution in [1.29, 1.82) is 0 Å². The zero-order valence-electron chi connectivity index (χ0n) is 11.3. The van der Waals surface area contributed by atoms with Crippen LogP contribution < -0.4 is 5.73 Å². The highest BCUT2D eigenvalue weighted by atomic mass is 16.1. The highest BCUT2D eigenvalue weighted by Gasteiger charge is 2.12. The molecule has 0 amide bonds. The van der Waals surface area contributed by atoms with Crippen molar-refractivity contribution in [2.45, 2.75) is 46.2 Å². The monoisotopic (exact) mass is 247 g/mol. The fourth-order valence-electron chi connectivity index (χ4n) is 1.51. The van der Waals surface area contributed by atoms with Gasteiger partial charge in [-0.1, -0.05) is 19.8 Å². The standard InChI is InChI=1S/C14H21N3O/c1-11(2)14(18)13-9-16-17(10-13)8-6-4-5-7-12(3)15/h9-12H,4,6,8,15H2,1-3H3. The Hall–Kier alpha value is -1.60. The Kier molecular flexibility index (Phi) is 5.60. The van der Waals surface area contributed by atoms with Crippen LogP contribution in [-0.2, 0) is 6.54 Å². The average molecular weight is 247 g/mol. The Labute approximate surface area is 109 Å². The van der Waals surface area contributed by atoms with E-state index in [1.165, 1.54) is 0 Å². The van der Waals surface area contributed by atoms with E-state index in [4.69, 9.17) is 5.73 Å². The maximum absolute atomic E-state index is 11.7. The van der Waals surface area contributed by atoms with Crippen LogP contribution in [0.5, 0.6) is 0 Å². The number of aromatic nitrogens is 2. The van der Waals surface area contributed by atoms with Gasteiger partial charge in [0.2, 0.25) is 0 Å². The lowest BCUT2D eigenvalue weighted by molar-refractivity contribution is 0.0939. The molecule has 1 unspecified atom stereocenters. The van der Waals surface area contributed by atoms with Crippen molar-refractivity contribution in [2.24, 2.45) is 11.7 Å². The summed E-state index contributed by atoms with van der Waals surface area (Å²) < 4.78 is 1.79. The second-order valence-electron chi connectivity index (χ2n) is 4.72. The van der Waals surface area contributed by atoms with Crippen LogP contribution in [0.15, 0.2) is 12.4 Å². The first-order chi connectivity index (χ1) is 8.50. The minimum atomic E-state index is -0.0648. The number of hydrogen-bond donors (Lipinski definition) is 1. The van der Waals surface area contributed by atoms with Gasteiger partial charge in [-0.05, 0) is 13.3 Å². The summed E-state index contributed by atoms with van der Waals surface area (Å²) in [6, 6.07) is -0.0648. The molecule has 0 aliphatic rings. The summed E-state index contributed by atoms with van der Waals surface area (Å²) in [5, 5.41) is 4.18. The van der Waals surface area contributed by atoms with Gasteiger partial charge in [-0.25, -0.2) is 0 Å². The first-order valence-corrected chi connectivity index (χ1v) is 6.31. The minimum Gasteiger partial charge on any atom is -0.318 e. The fraction of sp³-hybridized carbons (Fsp3) is 0.571. The van der Waals surface area contributed by atoms with Crippen molar-refractivity contribution in [2.75, 3.05) is 0 Å². The van der Waals surface area contributed by atoms with E-state index in [0.29, 0.717) is 5.56 Å². The smallest absolute Gasteiger partial charge is 0.168 e. The second-order valence-corrected chi connectivity index (χ2v) is 4.72. The summed E-state index contributed by atoms with van der Waals surface area (Å²) in [4.78, 5) is 11.7. The van der Waals surface area contributed by atoms with Crippen LogP contribution in [0.2, 0.25) is 0 Å². The number of aryl methyl sites for hydroxylation is 1. The topological polar surface area (TPSA) is 60.9 Å². The van der Waals surface area contributed by atoms with Gasteiger partial charge in [0.1, 0.15) is 0 Å². The molecule has 0 fully saturated rings. The van der Waals surface area contributed by atoms with Crippen LogP contribution in [0, 0.1) is 17.8 Å². The van der Waals surface area contributed by atoms with Crippen LogP contribution in [-0.4, -0.2) is 21.6 Å². The molecule has 1 aromatic rings. The van der Waals surface area contributed by atoms with Crippen LogP contribution in [0.3, 0.4) is 0 Å². The average Bonchev–Trinajstić information content (AvgIpc) is 2.75. The Morgan fingerprint density at radius 3 is 2.83 bits per heavy atom. The lowest BCUT2D eigenvalue weighted by Crippen LogP contribution is -2.10. The lowest BCUT2D eigenvalue weighted by Gasteiger charge is -2.00. The summed E-state index contributed by atoms with van der Waals surface area (Å²) in [5.74, 6) is 6.08. The molecule has 0 radical (unpaired) electrons. The number of nitrogens with two attached hydrogens (primary N) is 1. The summed E-state index contributed by atoms with van der Waals surface area (Å²) in [5.41, 5.74) is 6.21. The molecule has 0 aromatic carbocycles. The molecule has 0 bridgehead atoms. The molecular formula is C14H21N3O. The van der Waals surface area contributed by atoms with E-state index in [-0.39, 0.29) is 17.7 Å². The molecule has 1 aromatic heterocycles. The summed E-state index contributed by atoms with van der Waals surface area (Å²) in [6.45, 7) is 6.43. The highest BCUT2D eigenvalue weighted by Crippen LogP contribution is 2.07. The largest absolute Gasteiger partial charge is 0.318 e. The van der Waals surface area contributed by atoms with Gasteiger partial charge >= 0.3 is 0 Å². The molecule has 1 atom stereocenters. The number of hydrogen-bond acceptors (Lipinski definition) is 3. The van der Waals surface area contributed by atoms with Crippen molar-refractivity contribution in [3.05, 3.63) is 18.0 Å². The molecule has 18 heavy (non-hydrogen) atoms. The van der Waals surface area contributed by atoms with Crippen LogP contribution in [0.25, 0.3) is 0 Å². The molecule has 1 heterocycles. The number of nitrogens with zero attached hydrogens (tertiary/aromatic N) is 2. The summed E-state index contributed by atoms with van der Waals surface area (Å²) in [7, 11) is 0. The molecule has 0 saturated heterocycles. The quantitative estimate of drug-likeness (QED) is 0.491. The molecule has 1 rings (SSSR count). The summed E-state index contributed by atoms with van der Waals surface area (Å²) in [6.07, 6.45) is 5.16. The van der Waals surface area contributed by atoms with Gasteiger partial charge in [0.25, 0.3) is 0 Å². The van der Waals surface area contributed by atoms with Crippen LogP contribution in [0.1, 0.15) is 44.0 Å². The van der Waals surface area contributed by atoms with E-state index in [1.54, 1.807) is 17.1 Å². The van der Waals surface area contributed by atoms with E-state index in [2.05, 4.69) is 16.9 Å².